The van der Waals surface area contributed by atoms with Crippen LogP contribution in [0.2, 0.25) is 0 Å². The van der Waals surface area contributed by atoms with Gasteiger partial charge in [0.25, 0.3) is 0 Å². The molecule has 0 aromatic carbocycles. The third kappa shape index (κ3) is 2.91. The number of nitrogens with one attached hydrogen (secondary N) is 1. The third-order valence-corrected chi connectivity index (χ3v) is 4.86. The molecule has 0 aliphatic heterocycles. The topological polar surface area (TPSA) is 63.4 Å². The fraction of sp³-hybridized carbons (Fsp3) is 0.688. The molecule has 1 heterocycles. The molecule has 1 unspecified atom stereocenters. The van der Waals surface area contributed by atoms with E-state index in [1.807, 2.05) is 18.3 Å². The van der Waals surface area contributed by atoms with E-state index >= 15 is 0 Å². The Hall–Kier alpha value is -1.17. The van der Waals surface area contributed by atoms with Crippen molar-refractivity contribution in [2.75, 3.05) is 20.2 Å². The van der Waals surface area contributed by atoms with Gasteiger partial charge in [0, 0.05) is 11.7 Å². The van der Waals surface area contributed by atoms with Crippen molar-refractivity contribution in [2.24, 2.45) is 5.84 Å². The first-order valence-corrected chi connectivity index (χ1v) is 7.93. The molecule has 1 atom stereocenters. The van der Waals surface area contributed by atoms with Crippen molar-refractivity contribution in [1.29, 1.82) is 0 Å². The van der Waals surface area contributed by atoms with Gasteiger partial charge in [-0.25, -0.2) is 5.43 Å². The van der Waals surface area contributed by atoms with Crippen LogP contribution in [0.1, 0.15) is 51.3 Å². The number of hydrogen-bond donors (Lipinski definition) is 2. The summed E-state index contributed by atoms with van der Waals surface area (Å²) in [6, 6.07) is 3.84. The van der Waals surface area contributed by atoms with Gasteiger partial charge >= 0.3 is 0 Å². The van der Waals surface area contributed by atoms with Gasteiger partial charge in [-0.05, 0) is 38.1 Å². The van der Waals surface area contributed by atoms with Gasteiger partial charge in [0.05, 0.1) is 13.2 Å². The number of hydrazine groups is 1. The van der Waals surface area contributed by atoms with Gasteiger partial charge in [0.2, 0.25) is 0 Å². The van der Waals surface area contributed by atoms with Crippen LogP contribution in [0.3, 0.4) is 0 Å². The van der Waals surface area contributed by atoms with Crippen molar-refractivity contribution in [3.63, 3.8) is 0 Å². The number of aromatic nitrogens is 1. The average Bonchev–Trinajstić information content (AvgIpc) is 3.00. The summed E-state index contributed by atoms with van der Waals surface area (Å²) in [6.45, 7) is 6.47. The predicted octanol–water partition coefficient (Wildman–Crippen LogP) is 2.25. The first kappa shape index (κ1) is 16.2. The molecule has 1 aliphatic rings. The number of ether oxygens (including phenoxy) is 1. The van der Waals surface area contributed by atoms with Gasteiger partial charge < -0.3 is 4.74 Å². The van der Waals surface area contributed by atoms with E-state index in [1.165, 1.54) is 12.8 Å². The summed E-state index contributed by atoms with van der Waals surface area (Å²) in [5.74, 6) is 6.77. The molecule has 0 saturated heterocycles. The van der Waals surface area contributed by atoms with Gasteiger partial charge in [-0.1, -0.05) is 26.7 Å². The summed E-state index contributed by atoms with van der Waals surface area (Å²) in [4.78, 5) is 7.09. The standard InChI is InChI=1S/C16H28N4O/c1-4-20(5-2)16(10-6-7-11-16)15(19-17)14-13(21-3)9-8-12-18-14/h8-9,12,15,19H,4-7,10-11,17H2,1-3H3. The molecular weight excluding hydrogens is 264 g/mol. The Kier molecular flexibility index (Phi) is 5.56. The number of nitrogens with two attached hydrogens (primary N) is 1. The van der Waals surface area contributed by atoms with Gasteiger partial charge in [-0.3, -0.25) is 15.7 Å². The van der Waals surface area contributed by atoms with E-state index in [0.29, 0.717) is 0 Å². The van der Waals surface area contributed by atoms with Crippen LogP contribution >= 0.6 is 0 Å². The van der Waals surface area contributed by atoms with Gasteiger partial charge in [-0.15, -0.1) is 0 Å². The largest absolute Gasteiger partial charge is 0.495 e. The number of methoxy groups -OCH3 is 1. The minimum atomic E-state index is -0.0175. The highest BCUT2D eigenvalue weighted by Gasteiger charge is 2.46. The Morgan fingerprint density at radius 1 is 1.38 bits per heavy atom. The van der Waals surface area contributed by atoms with Crippen LogP contribution in [0.25, 0.3) is 0 Å². The second kappa shape index (κ2) is 7.20. The van der Waals surface area contributed by atoms with Crippen molar-refractivity contribution in [2.45, 2.75) is 51.1 Å². The average molecular weight is 292 g/mol. The lowest BCUT2D eigenvalue weighted by atomic mass is 9.83. The maximum atomic E-state index is 5.97. The van der Waals surface area contributed by atoms with E-state index in [-0.39, 0.29) is 11.6 Å². The molecule has 3 N–H and O–H groups in total. The minimum absolute atomic E-state index is 0.0175. The van der Waals surface area contributed by atoms with E-state index in [1.54, 1.807) is 7.11 Å². The molecule has 0 bridgehead atoms. The smallest absolute Gasteiger partial charge is 0.142 e. The van der Waals surface area contributed by atoms with Crippen molar-refractivity contribution in [3.05, 3.63) is 24.0 Å². The highest BCUT2D eigenvalue weighted by molar-refractivity contribution is 5.32. The first-order chi connectivity index (χ1) is 10.2. The zero-order chi connectivity index (χ0) is 15.3. The second-order valence-corrected chi connectivity index (χ2v) is 5.67. The Morgan fingerprint density at radius 3 is 2.57 bits per heavy atom. The predicted molar refractivity (Wildman–Crippen MR) is 85.0 cm³/mol. The Balaban J connectivity index is 2.45. The number of likely N-dealkylation sites (N-methyl/N-ethyl adjacent to an activating group) is 1. The summed E-state index contributed by atoms with van der Waals surface area (Å²) in [5, 5.41) is 0. The Bertz CT molecular complexity index is 442. The fourth-order valence-corrected chi connectivity index (χ4v) is 3.91. The van der Waals surface area contributed by atoms with Crippen LogP contribution < -0.4 is 16.0 Å². The molecule has 2 rings (SSSR count). The molecule has 21 heavy (non-hydrogen) atoms. The first-order valence-electron chi connectivity index (χ1n) is 7.93. The summed E-state index contributed by atoms with van der Waals surface area (Å²) in [5.41, 5.74) is 3.98. The monoisotopic (exact) mass is 292 g/mol. The molecule has 118 valence electrons. The summed E-state index contributed by atoms with van der Waals surface area (Å²) >= 11 is 0. The molecule has 0 radical (unpaired) electrons. The van der Waals surface area contributed by atoms with Crippen LogP contribution in [-0.4, -0.2) is 35.6 Å². The molecule has 1 aromatic heterocycles. The van der Waals surface area contributed by atoms with E-state index in [9.17, 15) is 0 Å². The maximum Gasteiger partial charge on any atom is 0.142 e. The molecule has 1 fully saturated rings. The summed E-state index contributed by atoms with van der Waals surface area (Å²) in [7, 11) is 1.69. The molecule has 5 heteroatoms. The number of pyridine rings is 1. The van der Waals surface area contributed by atoms with E-state index in [4.69, 9.17) is 10.6 Å². The van der Waals surface area contributed by atoms with Gasteiger partial charge in [-0.2, -0.15) is 0 Å². The summed E-state index contributed by atoms with van der Waals surface area (Å²) in [6.07, 6.45) is 6.58. The van der Waals surface area contributed by atoms with Crippen LogP contribution in [0.5, 0.6) is 5.75 Å². The maximum absolute atomic E-state index is 5.97. The fourth-order valence-electron chi connectivity index (χ4n) is 3.91. The highest BCUT2D eigenvalue weighted by atomic mass is 16.5. The normalized spacial score (nSPS) is 18.9. The zero-order valence-electron chi connectivity index (χ0n) is 13.4. The molecular formula is C16H28N4O. The number of rotatable bonds is 7. The third-order valence-electron chi connectivity index (χ3n) is 4.86. The van der Waals surface area contributed by atoms with Crippen molar-refractivity contribution in [3.8, 4) is 5.75 Å². The molecule has 1 saturated carbocycles. The van der Waals surface area contributed by atoms with Crippen molar-refractivity contribution < 1.29 is 4.74 Å². The van der Waals surface area contributed by atoms with E-state index in [0.717, 1.165) is 37.4 Å². The van der Waals surface area contributed by atoms with E-state index < -0.39 is 0 Å². The van der Waals surface area contributed by atoms with Crippen molar-refractivity contribution in [1.82, 2.24) is 15.3 Å². The number of nitrogens with zero attached hydrogens (tertiary/aromatic N) is 2. The molecule has 5 nitrogen and oxygen atoms in total. The zero-order valence-corrected chi connectivity index (χ0v) is 13.4. The lowest BCUT2D eigenvalue weighted by Crippen LogP contribution is -2.56. The highest BCUT2D eigenvalue weighted by Crippen LogP contribution is 2.45. The Morgan fingerprint density at radius 2 is 2.05 bits per heavy atom. The second-order valence-electron chi connectivity index (χ2n) is 5.67. The molecule has 1 aliphatic carbocycles. The lowest BCUT2D eigenvalue weighted by molar-refractivity contribution is 0.0600. The lowest BCUT2D eigenvalue weighted by Gasteiger charge is -2.45. The van der Waals surface area contributed by atoms with Gasteiger partial charge in [0.15, 0.2) is 0 Å². The SMILES string of the molecule is CCN(CC)C1(C(NN)c2ncccc2OC)CCCC1. The summed E-state index contributed by atoms with van der Waals surface area (Å²) < 4.78 is 5.50. The van der Waals surface area contributed by atoms with Crippen molar-refractivity contribution >= 4 is 0 Å². The van der Waals surface area contributed by atoms with E-state index in [2.05, 4.69) is 29.2 Å². The van der Waals surface area contributed by atoms with Crippen LogP contribution in [-0.2, 0) is 0 Å². The molecule has 1 aromatic rings. The molecule has 0 spiro atoms. The number of hydrogen-bond acceptors (Lipinski definition) is 5. The Labute approximate surface area is 127 Å². The van der Waals surface area contributed by atoms with Crippen LogP contribution in [0.15, 0.2) is 18.3 Å². The van der Waals surface area contributed by atoms with Crippen LogP contribution in [0.4, 0.5) is 0 Å². The minimum Gasteiger partial charge on any atom is -0.495 e. The quantitative estimate of drug-likeness (QED) is 0.596. The molecule has 0 amide bonds. The van der Waals surface area contributed by atoms with Gasteiger partial charge in [0.1, 0.15) is 11.4 Å². The van der Waals surface area contributed by atoms with Crippen LogP contribution in [0, 0.1) is 0 Å².